The summed E-state index contributed by atoms with van der Waals surface area (Å²) in [5.74, 6) is 0.340. The third kappa shape index (κ3) is 4.05. The minimum atomic E-state index is -0.248. The van der Waals surface area contributed by atoms with Gasteiger partial charge in [-0.2, -0.15) is 0 Å². The summed E-state index contributed by atoms with van der Waals surface area (Å²) in [6, 6.07) is 20.3. The van der Waals surface area contributed by atoms with Crippen molar-refractivity contribution < 1.29 is 13.4 Å². The van der Waals surface area contributed by atoms with E-state index in [2.05, 4.69) is 68.7 Å². The average Bonchev–Trinajstić information content (AvgIpc) is 3.23. The van der Waals surface area contributed by atoms with Crippen LogP contribution in [0.25, 0.3) is 44.3 Å². The molecular formula is C34H35FNO+. The van der Waals surface area contributed by atoms with Crippen LogP contribution < -0.4 is 4.57 Å². The lowest BCUT2D eigenvalue weighted by Gasteiger charge is -2.35. The number of benzene rings is 3. The second-order valence-electron chi connectivity index (χ2n) is 11.7. The highest BCUT2D eigenvalue weighted by atomic mass is 19.1. The predicted molar refractivity (Wildman–Crippen MR) is 150 cm³/mol. The Morgan fingerprint density at radius 2 is 1.54 bits per heavy atom. The van der Waals surface area contributed by atoms with Gasteiger partial charge in [-0.15, -0.1) is 0 Å². The minimum Gasteiger partial charge on any atom is -0.454 e. The zero-order valence-corrected chi connectivity index (χ0v) is 22.5. The summed E-state index contributed by atoms with van der Waals surface area (Å²) in [5.41, 5.74) is 9.20. The summed E-state index contributed by atoms with van der Waals surface area (Å²) in [5, 5.41) is 1.96. The largest absolute Gasteiger partial charge is 0.454 e. The normalized spacial score (nSPS) is 16.1. The summed E-state index contributed by atoms with van der Waals surface area (Å²) in [7, 11) is 2.04. The van der Waals surface area contributed by atoms with Gasteiger partial charge in [0.25, 0.3) is 0 Å². The van der Waals surface area contributed by atoms with Crippen molar-refractivity contribution in [3.05, 3.63) is 89.4 Å². The number of aryl methyl sites for hydroxylation is 3. The van der Waals surface area contributed by atoms with Crippen molar-refractivity contribution in [1.82, 2.24) is 0 Å². The SMILES string of the molecule is Cc1cc(-c2c(F)ccc3c2oc2c(-c4cccc[n+]4C)c(C)ccc23)ccc1C1CCC(C)(C)CC1. The summed E-state index contributed by atoms with van der Waals surface area (Å²) < 4.78 is 24.2. The topological polar surface area (TPSA) is 17.0 Å². The molecule has 37 heavy (non-hydrogen) atoms. The molecule has 2 heterocycles. The van der Waals surface area contributed by atoms with E-state index in [9.17, 15) is 0 Å². The van der Waals surface area contributed by atoms with E-state index < -0.39 is 0 Å². The highest BCUT2D eigenvalue weighted by Crippen LogP contribution is 2.45. The van der Waals surface area contributed by atoms with Crippen molar-refractivity contribution >= 4 is 21.9 Å². The lowest BCUT2D eigenvalue weighted by molar-refractivity contribution is -0.660. The van der Waals surface area contributed by atoms with E-state index in [0.29, 0.717) is 22.5 Å². The standard InChI is InChI=1S/C34H35FNO/c1-21-9-11-26-27-13-14-28(35)31(33(27)37-32(26)30(21)29-8-6-7-19-36(29)5)24-10-12-25(22(2)20-24)23-15-17-34(3,4)18-16-23/h6-14,19-20,23H,15-18H2,1-5H3/q+1. The van der Waals surface area contributed by atoms with Gasteiger partial charge in [0.1, 0.15) is 24.0 Å². The van der Waals surface area contributed by atoms with Crippen molar-refractivity contribution in [1.29, 1.82) is 0 Å². The Balaban J connectivity index is 1.51. The van der Waals surface area contributed by atoms with Crippen molar-refractivity contribution in [3.8, 4) is 22.4 Å². The van der Waals surface area contributed by atoms with E-state index >= 15 is 4.39 Å². The molecule has 6 rings (SSSR count). The molecule has 0 amide bonds. The maximum Gasteiger partial charge on any atom is 0.216 e. The summed E-state index contributed by atoms with van der Waals surface area (Å²) >= 11 is 0. The second kappa shape index (κ2) is 8.83. The van der Waals surface area contributed by atoms with Crippen LogP contribution in [0.15, 0.2) is 71.3 Å². The van der Waals surface area contributed by atoms with Gasteiger partial charge in [-0.1, -0.05) is 44.2 Å². The predicted octanol–water partition coefficient (Wildman–Crippen LogP) is 9.18. The molecule has 0 bridgehead atoms. The molecule has 3 heteroatoms. The molecule has 2 nitrogen and oxygen atoms in total. The molecule has 1 aliphatic carbocycles. The Morgan fingerprint density at radius 3 is 2.24 bits per heavy atom. The van der Waals surface area contributed by atoms with E-state index in [-0.39, 0.29) is 5.82 Å². The number of rotatable bonds is 3. The van der Waals surface area contributed by atoms with Crippen molar-refractivity contribution in [2.24, 2.45) is 12.5 Å². The van der Waals surface area contributed by atoms with E-state index in [1.807, 2.05) is 31.4 Å². The van der Waals surface area contributed by atoms with E-state index in [4.69, 9.17) is 4.42 Å². The Hall–Kier alpha value is -3.46. The van der Waals surface area contributed by atoms with E-state index in [1.54, 1.807) is 6.07 Å². The van der Waals surface area contributed by atoms with Crippen LogP contribution in [0.5, 0.6) is 0 Å². The second-order valence-corrected chi connectivity index (χ2v) is 11.7. The fraction of sp³-hybridized carbons (Fsp3) is 0.324. The first-order chi connectivity index (χ1) is 17.7. The maximum atomic E-state index is 15.5. The first-order valence-electron chi connectivity index (χ1n) is 13.4. The van der Waals surface area contributed by atoms with Crippen molar-refractivity contribution in [2.75, 3.05) is 0 Å². The summed E-state index contributed by atoms with van der Waals surface area (Å²) in [4.78, 5) is 0. The fourth-order valence-electron chi connectivity index (χ4n) is 6.35. The molecule has 2 aromatic heterocycles. The molecule has 3 aromatic carbocycles. The number of aromatic nitrogens is 1. The van der Waals surface area contributed by atoms with Gasteiger partial charge in [0.15, 0.2) is 6.20 Å². The van der Waals surface area contributed by atoms with Crippen LogP contribution in [0.1, 0.15) is 62.1 Å². The average molecular weight is 493 g/mol. The zero-order chi connectivity index (χ0) is 25.9. The molecule has 1 fully saturated rings. The van der Waals surface area contributed by atoms with Gasteiger partial charge in [0.2, 0.25) is 5.69 Å². The highest BCUT2D eigenvalue weighted by molar-refractivity contribution is 6.13. The van der Waals surface area contributed by atoms with Crippen LogP contribution in [0.3, 0.4) is 0 Å². The molecule has 0 aliphatic heterocycles. The zero-order valence-electron chi connectivity index (χ0n) is 22.5. The molecule has 0 saturated heterocycles. The number of nitrogens with zero attached hydrogens (tertiary/aromatic N) is 1. The van der Waals surface area contributed by atoms with E-state index in [1.165, 1.54) is 36.8 Å². The monoisotopic (exact) mass is 492 g/mol. The number of hydrogen-bond donors (Lipinski definition) is 0. The van der Waals surface area contributed by atoms with Crippen LogP contribution in [-0.2, 0) is 7.05 Å². The van der Waals surface area contributed by atoms with Crippen LogP contribution in [0, 0.1) is 25.1 Å². The summed E-state index contributed by atoms with van der Waals surface area (Å²) in [6.07, 6.45) is 7.00. The Morgan fingerprint density at radius 1 is 0.838 bits per heavy atom. The third-order valence-corrected chi connectivity index (χ3v) is 8.62. The van der Waals surface area contributed by atoms with Crippen LogP contribution in [0.4, 0.5) is 4.39 Å². The van der Waals surface area contributed by atoms with Gasteiger partial charge >= 0.3 is 0 Å². The van der Waals surface area contributed by atoms with Crippen molar-refractivity contribution in [2.45, 2.75) is 59.3 Å². The van der Waals surface area contributed by atoms with Gasteiger partial charge in [-0.05, 0) is 91.3 Å². The first-order valence-corrected chi connectivity index (χ1v) is 13.4. The van der Waals surface area contributed by atoms with Crippen LogP contribution in [0.2, 0.25) is 0 Å². The first kappa shape index (κ1) is 23.9. The molecule has 5 aromatic rings. The number of fused-ring (bicyclic) bond motifs is 3. The third-order valence-electron chi connectivity index (χ3n) is 8.62. The molecule has 188 valence electrons. The molecule has 1 saturated carbocycles. The Bertz CT molecular complexity index is 1650. The molecule has 0 unspecified atom stereocenters. The Kier molecular flexibility index (Phi) is 5.71. The quantitative estimate of drug-likeness (QED) is 0.229. The molecule has 0 atom stereocenters. The smallest absolute Gasteiger partial charge is 0.216 e. The molecular weight excluding hydrogens is 457 g/mol. The van der Waals surface area contributed by atoms with Gasteiger partial charge in [-0.25, -0.2) is 8.96 Å². The van der Waals surface area contributed by atoms with Gasteiger partial charge in [-0.3, -0.25) is 0 Å². The highest BCUT2D eigenvalue weighted by Gasteiger charge is 2.29. The lowest BCUT2D eigenvalue weighted by atomic mass is 9.70. The van der Waals surface area contributed by atoms with Gasteiger partial charge in [0.05, 0.1) is 11.1 Å². The lowest BCUT2D eigenvalue weighted by Crippen LogP contribution is -2.30. The molecule has 0 radical (unpaired) electrons. The number of furan rings is 1. The van der Waals surface area contributed by atoms with Gasteiger partial charge in [0, 0.05) is 22.9 Å². The number of hydrogen-bond acceptors (Lipinski definition) is 1. The molecule has 0 spiro atoms. The fourth-order valence-corrected chi connectivity index (χ4v) is 6.35. The van der Waals surface area contributed by atoms with Gasteiger partial charge < -0.3 is 4.42 Å². The van der Waals surface area contributed by atoms with Crippen LogP contribution in [-0.4, -0.2) is 0 Å². The number of pyridine rings is 1. The maximum absolute atomic E-state index is 15.5. The number of halogens is 1. The van der Waals surface area contributed by atoms with Crippen LogP contribution >= 0.6 is 0 Å². The summed E-state index contributed by atoms with van der Waals surface area (Å²) in [6.45, 7) is 9.03. The Labute approximate surface area is 218 Å². The van der Waals surface area contributed by atoms with Crippen molar-refractivity contribution in [3.63, 3.8) is 0 Å². The molecule has 0 N–H and O–H groups in total. The molecule has 1 aliphatic rings. The van der Waals surface area contributed by atoms with E-state index in [0.717, 1.165) is 38.7 Å². The minimum absolute atomic E-state index is 0.248.